The summed E-state index contributed by atoms with van der Waals surface area (Å²) in [4.78, 5) is 4.78. The van der Waals surface area contributed by atoms with Crippen molar-refractivity contribution in [1.82, 2.24) is 0 Å². The van der Waals surface area contributed by atoms with Crippen molar-refractivity contribution in [3.05, 3.63) is 35.4 Å². The molecule has 0 radical (unpaired) electrons. The highest BCUT2D eigenvalue weighted by Crippen LogP contribution is 2.61. The molecule has 1 aliphatic carbocycles. The van der Waals surface area contributed by atoms with Crippen LogP contribution in [-0.4, -0.2) is 34.4 Å². The molecular weight excluding hydrogens is 302 g/mol. The van der Waals surface area contributed by atoms with Gasteiger partial charge in [-0.25, -0.2) is 4.99 Å². The number of aryl methyl sites for hydroxylation is 1. The molecule has 1 saturated heterocycles. The number of aliphatic hydroxyl groups is 1. The Hall–Kier alpha value is -1.39. The minimum Gasteiger partial charge on any atom is -0.476 e. The molecule has 0 amide bonds. The summed E-state index contributed by atoms with van der Waals surface area (Å²) in [6.07, 6.45) is 4.55. The Morgan fingerprint density at radius 2 is 1.75 bits per heavy atom. The third-order valence-electron chi connectivity index (χ3n) is 5.65. The van der Waals surface area contributed by atoms with Gasteiger partial charge in [-0.15, -0.1) is 0 Å². The van der Waals surface area contributed by atoms with Gasteiger partial charge in [0.15, 0.2) is 0 Å². The SMILES string of the molecule is Cc1ccc([C@H]2O[C@]2(C2=NC(C)(C)CO2)C2(O)CCCCC2)cc1. The molecule has 1 aromatic carbocycles. The molecule has 24 heavy (non-hydrogen) atoms. The van der Waals surface area contributed by atoms with Crippen molar-refractivity contribution in [2.45, 2.75) is 75.7 Å². The van der Waals surface area contributed by atoms with E-state index in [9.17, 15) is 5.11 Å². The topological polar surface area (TPSA) is 54.4 Å². The van der Waals surface area contributed by atoms with Crippen LogP contribution in [0.2, 0.25) is 0 Å². The van der Waals surface area contributed by atoms with Gasteiger partial charge in [-0.2, -0.15) is 0 Å². The van der Waals surface area contributed by atoms with Gasteiger partial charge in [-0.3, -0.25) is 0 Å². The highest BCUT2D eigenvalue weighted by atomic mass is 16.7. The van der Waals surface area contributed by atoms with Gasteiger partial charge in [-0.05, 0) is 39.2 Å². The van der Waals surface area contributed by atoms with Crippen LogP contribution >= 0.6 is 0 Å². The van der Waals surface area contributed by atoms with Crippen LogP contribution in [0.25, 0.3) is 0 Å². The van der Waals surface area contributed by atoms with E-state index in [4.69, 9.17) is 14.5 Å². The predicted molar refractivity (Wildman–Crippen MR) is 93.2 cm³/mol. The van der Waals surface area contributed by atoms with Crippen molar-refractivity contribution in [2.75, 3.05) is 6.61 Å². The smallest absolute Gasteiger partial charge is 0.223 e. The van der Waals surface area contributed by atoms with E-state index in [1.165, 1.54) is 12.0 Å². The molecule has 4 rings (SSSR count). The standard InChI is InChI=1S/C20H27NO3/c1-14-7-9-15(10-8-14)16-20(24-16,17-21-18(2,3)13-23-17)19(22)11-5-4-6-12-19/h7-10,16,22H,4-6,11-13H2,1-3H3/t16-,20-/m1/s1. The Morgan fingerprint density at radius 3 is 2.33 bits per heavy atom. The van der Waals surface area contributed by atoms with E-state index in [1.54, 1.807) is 0 Å². The van der Waals surface area contributed by atoms with Gasteiger partial charge in [0.05, 0.1) is 5.54 Å². The molecule has 2 atom stereocenters. The van der Waals surface area contributed by atoms with Crippen molar-refractivity contribution in [3.63, 3.8) is 0 Å². The summed E-state index contributed by atoms with van der Waals surface area (Å²) in [5, 5.41) is 11.5. The van der Waals surface area contributed by atoms with E-state index >= 15 is 0 Å². The maximum Gasteiger partial charge on any atom is 0.223 e. The van der Waals surface area contributed by atoms with Crippen LogP contribution in [0.5, 0.6) is 0 Å². The van der Waals surface area contributed by atoms with Crippen molar-refractivity contribution >= 4 is 5.90 Å². The van der Waals surface area contributed by atoms with Crippen LogP contribution in [0.3, 0.4) is 0 Å². The summed E-state index contributed by atoms with van der Waals surface area (Å²) in [6.45, 7) is 6.74. The molecule has 130 valence electrons. The first kappa shape index (κ1) is 16.1. The molecule has 1 N–H and O–H groups in total. The van der Waals surface area contributed by atoms with Gasteiger partial charge in [0.1, 0.15) is 18.3 Å². The number of epoxide rings is 1. The van der Waals surface area contributed by atoms with E-state index in [0.717, 1.165) is 31.2 Å². The number of benzene rings is 1. The first-order valence-electron chi connectivity index (χ1n) is 9.06. The predicted octanol–water partition coefficient (Wildman–Crippen LogP) is 3.71. The molecule has 2 aliphatic heterocycles. The molecule has 0 spiro atoms. The summed E-state index contributed by atoms with van der Waals surface area (Å²) in [5.41, 5.74) is 0.362. The van der Waals surface area contributed by atoms with Crippen molar-refractivity contribution in [3.8, 4) is 0 Å². The molecule has 1 aromatic rings. The Bertz CT molecular complexity index is 658. The molecule has 1 saturated carbocycles. The number of ether oxygens (including phenoxy) is 2. The van der Waals surface area contributed by atoms with Crippen molar-refractivity contribution in [2.24, 2.45) is 4.99 Å². The molecule has 3 aliphatic rings. The minimum atomic E-state index is -0.889. The maximum absolute atomic E-state index is 11.5. The van der Waals surface area contributed by atoms with Crippen LogP contribution in [-0.2, 0) is 9.47 Å². The molecule has 0 aromatic heterocycles. The lowest BCUT2D eigenvalue weighted by Gasteiger charge is -2.37. The Kier molecular flexibility index (Phi) is 3.56. The normalized spacial score (nSPS) is 33.7. The minimum absolute atomic E-state index is 0.172. The average molecular weight is 329 g/mol. The Morgan fingerprint density at radius 1 is 1.08 bits per heavy atom. The zero-order valence-electron chi connectivity index (χ0n) is 14.8. The second-order valence-corrected chi connectivity index (χ2v) is 8.25. The summed E-state index contributed by atoms with van der Waals surface area (Å²) in [5.74, 6) is 0.600. The van der Waals surface area contributed by atoms with Gasteiger partial charge in [0.2, 0.25) is 11.5 Å². The fraction of sp³-hybridized carbons (Fsp3) is 0.650. The Labute approximate surface area is 143 Å². The van der Waals surface area contributed by atoms with Gasteiger partial charge in [0, 0.05) is 0 Å². The number of hydrogen-bond donors (Lipinski definition) is 1. The first-order chi connectivity index (χ1) is 11.4. The van der Waals surface area contributed by atoms with Gasteiger partial charge in [-0.1, -0.05) is 49.1 Å². The molecular formula is C20H27NO3. The molecule has 2 heterocycles. The summed E-state index contributed by atoms with van der Waals surface area (Å²) >= 11 is 0. The number of hydrogen-bond acceptors (Lipinski definition) is 4. The third-order valence-corrected chi connectivity index (χ3v) is 5.65. The third kappa shape index (κ3) is 2.39. The number of nitrogens with zero attached hydrogens (tertiary/aromatic N) is 1. The van der Waals surface area contributed by atoms with Crippen molar-refractivity contribution < 1.29 is 14.6 Å². The maximum atomic E-state index is 11.5. The van der Waals surface area contributed by atoms with E-state index < -0.39 is 11.2 Å². The molecule has 2 fully saturated rings. The van der Waals surface area contributed by atoms with Gasteiger partial charge < -0.3 is 14.6 Å². The quantitative estimate of drug-likeness (QED) is 0.860. The van der Waals surface area contributed by atoms with Gasteiger partial charge in [0.25, 0.3) is 0 Å². The number of rotatable bonds is 3. The highest BCUT2D eigenvalue weighted by molar-refractivity contribution is 5.92. The highest BCUT2D eigenvalue weighted by Gasteiger charge is 2.74. The fourth-order valence-corrected chi connectivity index (χ4v) is 4.19. The zero-order valence-corrected chi connectivity index (χ0v) is 14.8. The monoisotopic (exact) mass is 329 g/mol. The lowest BCUT2D eigenvalue weighted by molar-refractivity contribution is -0.0466. The molecule has 0 bridgehead atoms. The molecule has 4 nitrogen and oxygen atoms in total. The van der Waals surface area contributed by atoms with Gasteiger partial charge >= 0.3 is 0 Å². The largest absolute Gasteiger partial charge is 0.476 e. The lowest BCUT2D eigenvalue weighted by atomic mass is 9.72. The first-order valence-corrected chi connectivity index (χ1v) is 9.06. The van der Waals surface area contributed by atoms with E-state index in [0.29, 0.717) is 12.5 Å². The van der Waals surface area contributed by atoms with E-state index in [-0.39, 0.29) is 11.6 Å². The lowest BCUT2D eigenvalue weighted by Crippen LogP contribution is -2.52. The zero-order chi connectivity index (χ0) is 17.0. The van der Waals surface area contributed by atoms with E-state index in [2.05, 4.69) is 45.0 Å². The van der Waals surface area contributed by atoms with Crippen LogP contribution < -0.4 is 0 Å². The van der Waals surface area contributed by atoms with Crippen LogP contribution in [0, 0.1) is 6.92 Å². The summed E-state index contributed by atoms with van der Waals surface area (Å²) in [6, 6.07) is 8.37. The van der Waals surface area contributed by atoms with Crippen LogP contribution in [0.15, 0.2) is 29.3 Å². The summed E-state index contributed by atoms with van der Waals surface area (Å²) in [7, 11) is 0. The van der Waals surface area contributed by atoms with Crippen LogP contribution in [0.4, 0.5) is 0 Å². The van der Waals surface area contributed by atoms with Crippen LogP contribution in [0.1, 0.15) is 63.2 Å². The molecule has 0 unspecified atom stereocenters. The second kappa shape index (κ2) is 5.30. The average Bonchev–Trinajstić information content (AvgIpc) is 3.21. The Balaban J connectivity index is 1.74. The fourth-order valence-electron chi connectivity index (χ4n) is 4.19. The van der Waals surface area contributed by atoms with E-state index in [1.807, 2.05) is 0 Å². The second-order valence-electron chi connectivity index (χ2n) is 8.25. The summed E-state index contributed by atoms with van der Waals surface area (Å²) < 4.78 is 12.2. The van der Waals surface area contributed by atoms with Crippen molar-refractivity contribution in [1.29, 1.82) is 0 Å². The number of aliphatic imine (C=N–C) groups is 1. The molecule has 4 heteroatoms.